The summed E-state index contributed by atoms with van der Waals surface area (Å²) in [6.07, 6.45) is 3.66. The third-order valence-electron chi connectivity index (χ3n) is 2.81. The summed E-state index contributed by atoms with van der Waals surface area (Å²) in [4.78, 5) is 4.31. The highest BCUT2D eigenvalue weighted by Crippen LogP contribution is 2.22. The highest BCUT2D eigenvalue weighted by molar-refractivity contribution is 5.32. The molecular weight excluding hydrogens is 228 g/mol. The van der Waals surface area contributed by atoms with E-state index in [0.29, 0.717) is 6.61 Å². The molecule has 96 valence electrons. The molecule has 0 saturated carbocycles. The lowest BCUT2D eigenvalue weighted by atomic mass is 10.1. The van der Waals surface area contributed by atoms with Crippen molar-refractivity contribution in [3.8, 4) is 5.75 Å². The van der Waals surface area contributed by atoms with Gasteiger partial charge in [0, 0.05) is 19.4 Å². The number of nitrogens with zero attached hydrogens (tertiary/aromatic N) is 2. The van der Waals surface area contributed by atoms with E-state index in [1.807, 2.05) is 49.0 Å². The minimum atomic E-state index is -0.124. The number of hydrogen-bond acceptors (Lipinski definition) is 4. The van der Waals surface area contributed by atoms with E-state index in [1.54, 1.807) is 6.20 Å². The summed E-state index contributed by atoms with van der Waals surface area (Å²) < 4.78 is 7.36. The van der Waals surface area contributed by atoms with Crippen LogP contribution >= 0.6 is 0 Å². The van der Waals surface area contributed by atoms with E-state index >= 15 is 0 Å². The van der Waals surface area contributed by atoms with Crippen LogP contribution in [0.5, 0.6) is 5.75 Å². The van der Waals surface area contributed by atoms with Crippen LogP contribution in [0.25, 0.3) is 0 Å². The molecule has 0 radical (unpaired) electrons. The lowest BCUT2D eigenvalue weighted by Gasteiger charge is -2.16. The number of nitrogens with one attached hydrogen (secondary N) is 1. The van der Waals surface area contributed by atoms with Crippen LogP contribution < -0.4 is 16.0 Å². The van der Waals surface area contributed by atoms with Gasteiger partial charge in [0.15, 0.2) is 0 Å². The largest absolute Gasteiger partial charge is 0.494 e. The van der Waals surface area contributed by atoms with Gasteiger partial charge in [0.1, 0.15) is 17.6 Å². The normalized spacial score (nSPS) is 12.4. The Bertz CT molecular complexity index is 492. The molecule has 18 heavy (non-hydrogen) atoms. The number of nitrogens with two attached hydrogens (primary N) is 1. The molecule has 1 heterocycles. The fourth-order valence-corrected chi connectivity index (χ4v) is 1.90. The summed E-state index contributed by atoms with van der Waals surface area (Å²) in [6.45, 7) is 2.63. The molecule has 2 rings (SSSR count). The van der Waals surface area contributed by atoms with Crippen molar-refractivity contribution in [2.24, 2.45) is 12.9 Å². The molecule has 3 N–H and O–H groups in total. The summed E-state index contributed by atoms with van der Waals surface area (Å²) in [5.74, 6) is 7.36. The minimum absolute atomic E-state index is 0.124. The van der Waals surface area contributed by atoms with Crippen molar-refractivity contribution < 1.29 is 4.74 Å². The van der Waals surface area contributed by atoms with Crippen molar-refractivity contribution in [3.63, 3.8) is 0 Å². The summed E-state index contributed by atoms with van der Waals surface area (Å²) in [5.41, 5.74) is 3.84. The van der Waals surface area contributed by atoms with E-state index in [1.165, 1.54) is 0 Å². The van der Waals surface area contributed by atoms with E-state index in [-0.39, 0.29) is 6.04 Å². The zero-order valence-corrected chi connectivity index (χ0v) is 10.6. The molecule has 5 nitrogen and oxygen atoms in total. The first kappa shape index (κ1) is 12.6. The number of hydrogen-bond donors (Lipinski definition) is 2. The topological polar surface area (TPSA) is 65.1 Å². The van der Waals surface area contributed by atoms with Crippen LogP contribution in [0.4, 0.5) is 0 Å². The van der Waals surface area contributed by atoms with Gasteiger partial charge in [-0.3, -0.25) is 5.84 Å². The quantitative estimate of drug-likeness (QED) is 0.618. The Kier molecular flexibility index (Phi) is 3.96. The van der Waals surface area contributed by atoms with E-state index < -0.39 is 0 Å². The Labute approximate surface area is 107 Å². The van der Waals surface area contributed by atoms with Crippen LogP contribution in [-0.2, 0) is 7.05 Å². The van der Waals surface area contributed by atoms with E-state index in [9.17, 15) is 0 Å². The van der Waals surface area contributed by atoms with Crippen LogP contribution in [0.1, 0.15) is 24.4 Å². The third-order valence-corrected chi connectivity index (χ3v) is 2.81. The molecule has 0 fully saturated rings. The predicted octanol–water partition coefficient (Wildman–Crippen LogP) is 1.37. The Morgan fingerprint density at radius 1 is 1.39 bits per heavy atom. The molecule has 1 aromatic heterocycles. The number of ether oxygens (including phenoxy) is 1. The average molecular weight is 246 g/mol. The van der Waals surface area contributed by atoms with Crippen LogP contribution in [-0.4, -0.2) is 16.2 Å². The van der Waals surface area contributed by atoms with Crippen molar-refractivity contribution in [1.29, 1.82) is 0 Å². The van der Waals surface area contributed by atoms with Crippen molar-refractivity contribution in [1.82, 2.24) is 15.0 Å². The molecule has 0 amide bonds. The van der Waals surface area contributed by atoms with Gasteiger partial charge in [0.2, 0.25) is 0 Å². The maximum absolute atomic E-state index is 5.63. The zero-order chi connectivity index (χ0) is 13.0. The van der Waals surface area contributed by atoms with Gasteiger partial charge in [0.25, 0.3) is 0 Å². The van der Waals surface area contributed by atoms with E-state index in [2.05, 4.69) is 10.4 Å². The maximum atomic E-state index is 5.63. The molecule has 0 aliphatic heterocycles. The summed E-state index contributed by atoms with van der Waals surface area (Å²) in [5, 5.41) is 0. The van der Waals surface area contributed by atoms with E-state index in [4.69, 9.17) is 10.6 Å². The van der Waals surface area contributed by atoms with Gasteiger partial charge < -0.3 is 9.30 Å². The predicted molar refractivity (Wildman–Crippen MR) is 70.0 cm³/mol. The molecule has 0 saturated heterocycles. The van der Waals surface area contributed by atoms with Gasteiger partial charge >= 0.3 is 0 Å². The third kappa shape index (κ3) is 2.52. The molecule has 0 bridgehead atoms. The Morgan fingerprint density at radius 3 is 2.61 bits per heavy atom. The SMILES string of the molecule is CCOc1ccc(C(NN)c2nccn2C)cc1. The molecule has 1 atom stereocenters. The molecule has 0 aliphatic rings. The van der Waals surface area contributed by atoms with Crippen LogP contribution in [0, 0.1) is 0 Å². The van der Waals surface area contributed by atoms with Gasteiger partial charge in [-0.1, -0.05) is 12.1 Å². The number of benzene rings is 1. The van der Waals surface area contributed by atoms with Crippen molar-refractivity contribution in [3.05, 3.63) is 48.0 Å². The molecule has 0 aliphatic carbocycles. The Morgan fingerprint density at radius 2 is 2.11 bits per heavy atom. The maximum Gasteiger partial charge on any atom is 0.131 e. The Balaban J connectivity index is 2.25. The fourth-order valence-electron chi connectivity index (χ4n) is 1.90. The second-order valence-electron chi connectivity index (χ2n) is 4.00. The monoisotopic (exact) mass is 246 g/mol. The second-order valence-corrected chi connectivity index (χ2v) is 4.00. The highest BCUT2D eigenvalue weighted by Gasteiger charge is 2.16. The molecule has 1 aromatic carbocycles. The van der Waals surface area contributed by atoms with Gasteiger partial charge in [-0.25, -0.2) is 10.4 Å². The first-order chi connectivity index (χ1) is 8.76. The second kappa shape index (κ2) is 5.66. The van der Waals surface area contributed by atoms with Crippen molar-refractivity contribution in [2.75, 3.05) is 6.61 Å². The van der Waals surface area contributed by atoms with Crippen molar-refractivity contribution >= 4 is 0 Å². The van der Waals surface area contributed by atoms with E-state index in [0.717, 1.165) is 17.1 Å². The number of aromatic nitrogens is 2. The zero-order valence-electron chi connectivity index (χ0n) is 10.6. The standard InChI is InChI=1S/C13H18N4O/c1-3-18-11-6-4-10(5-7-11)12(16-14)13-15-8-9-17(13)2/h4-9,12,16H,3,14H2,1-2H3. The minimum Gasteiger partial charge on any atom is -0.494 e. The lowest BCUT2D eigenvalue weighted by Crippen LogP contribution is -2.30. The van der Waals surface area contributed by atoms with Gasteiger partial charge in [-0.05, 0) is 24.6 Å². The highest BCUT2D eigenvalue weighted by atomic mass is 16.5. The van der Waals surface area contributed by atoms with Crippen LogP contribution in [0.2, 0.25) is 0 Å². The van der Waals surface area contributed by atoms with Crippen molar-refractivity contribution in [2.45, 2.75) is 13.0 Å². The smallest absolute Gasteiger partial charge is 0.131 e. The fraction of sp³-hybridized carbons (Fsp3) is 0.308. The average Bonchev–Trinajstić information content (AvgIpc) is 2.79. The Hall–Kier alpha value is -1.85. The lowest BCUT2D eigenvalue weighted by molar-refractivity contribution is 0.340. The first-order valence-corrected chi connectivity index (χ1v) is 5.92. The molecule has 0 spiro atoms. The first-order valence-electron chi connectivity index (χ1n) is 5.92. The van der Waals surface area contributed by atoms with Gasteiger partial charge in [-0.2, -0.15) is 0 Å². The van der Waals surface area contributed by atoms with Crippen LogP contribution in [0.3, 0.4) is 0 Å². The van der Waals surface area contributed by atoms with Gasteiger partial charge in [-0.15, -0.1) is 0 Å². The number of rotatable bonds is 5. The molecule has 2 aromatic rings. The summed E-state index contributed by atoms with van der Waals surface area (Å²) in [7, 11) is 1.95. The number of imidazole rings is 1. The molecule has 5 heteroatoms. The number of hydrazine groups is 1. The van der Waals surface area contributed by atoms with Crippen LogP contribution in [0.15, 0.2) is 36.7 Å². The number of aryl methyl sites for hydroxylation is 1. The summed E-state index contributed by atoms with van der Waals surface area (Å²) in [6, 6.07) is 7.73. The summed E-state index contributed by atoms with van der Waals surface area (Å²) >= 11 is 0. The molecule has 1 unspecified atom stereocenters. The molecular formula is C13H18N4O. The van der Waals surface area contributed by atoms with Gasteiger partial charge in [0.05, 0.1) is 6.61 Å².